The van der Waals surface area contributed by atoms with Gasteiger partial charge in [-0.15, -0.1) is 0 Å². The SMILES string of the molecule is COCCNC(=S)N/N=C\c1ccc(Br)cc1. The van der Waals surface area contributed by atoms with Gasteiger partial charge in [-0.1, -0.05) is 28.1 Å². The zero-order chi connectivity index (χ0) is 12.5. The van der Waals surface area contributed by atoms with Gasteiger partial charge in [0.2, 0.25) is 0 Å². The second kappa shape index (κ2) is 8.16. The van der Waals surface area contributed by atoms with Crippen molar-refractivity contribution in [3.63, 3.8) is 0 Å². The van der Waals surface area contributed by atoms with Crippen LogP contribution in [0.5, 0.6) is 0 Å². The fraction of sp³-hybridized carbons (Fsp3) is 0.273. The maximum atomic E-state index is 5.00. The maximum Gasteiger partial charge on any atom is 0.187 e. The Kier molecular flexibility index (Phi) is 6.76. The highest BCUT2D eigenvalue weighted by atomic mass is 79.9. The highest BCUT2D eigenvalue weighted by Crippen LogP contribution is 2.08. The lowest BCUT2D eigenvalue weighted by Crippen LogP contribution is -2.34. The average Bonchev–Trinajstić information content (AvgIpc) is 2.32. The van der Waals surface area contributed by atoms with E-state index in [4.69, 9.17) is 17.0 Å². The van der Waals surface area contributed by atoms with Crippen LogP contribution in [-0.2, 0) is 4.74 Å². The van der Waals surface area contributed by atoms with Gasteiger partial charge in [-0.05, 0) is 29.9 Å². The van der Waals surface area contributed by atoms with Crippen molar-refractivity contribution in [2.75, 3.05) is 20.3 Å². The van der Waals surface area contributed by atoms with E-state index in [1.165, 1.54) is 0 Å². The minimum atomic E-state index is 0.482. The van der Waals surface area contributed by atoms with E-state index in [0.717, 1.165) is 10.0 Å². The highest BCUT2D eigenvalue weighted by molar-refractivity contribution is 9.10. The van der Waals surface area contributed by atoms with E-state index in [9.17, 15) is 0 Å². The lowest BCUT2D eigenvalue weighted by Gasteiger charge is -2.05. The maximum absolute atomic E-state index is 5.00. The molecular formula is C11H14BrN3OS. The van der Waals surface area contributed by atoms with E-state index in [2.05, 4.69) is 31.8 Å². The molecule has 0 bridgehead atoms. The minimum absolute atomic E-state index is 0.482. The predicted octanol–water partition coefficient (Wildman–Crippen LogP) is 1.89. The molecule has 0 atom stereocenters. The Morgan fingerprint density at radius 3 is 2.82 bits per heavy atom. The van der Waals surface area contributed by atoms with Crippen LogP contribution in [0.4, 0.5) is 0 Å². The van der Waals surface area contributed by atoms with Gasteiger partial charge >= 0.3 is 0 Å². The monoisotopic (exact) mass is 315 g/mol. The van der Waals surface area contributed by atoms with Gasteiger partial charge in [0.05, 0.1) is 12.8 Å². The number of thiocarbonyl (C=S) groups is 1. The topological polar surface area (TPSA) is 45.6 Å². The van der Waals surface area contributed by atoms with E-state index in [-0.39, 0.29) is 0 Å². The van der Waals surface area contributed by atoms with Gasteiger partial charge in [-0.3, -0.25) is 5.43 Å². The Hall–Kier alpha value is -0.980. The summed E-state index contributed by atoms with van der Waals surface area (Å²) in [5, 5.41) is 7.45. The smallest absolute Gasteiger partial charge is 0.187 e. The summed E-state index contributed by atoms with van der Waals surface area (Å²) < 4.78 is 5.93. The van der Waals surface area contributed by atoms with Crippen LogP contribution < -0.4 is 10.7 Å². The van der Waals surface area contributed by atoms with Gasteiger partial charge < -0.3 is 10.1 Å². The number of hydrogen-bond acceptors (Lipinski definition) is 3. The first-order valence-corrected chi connectivity index (χ1v) is 6.24. The molecule has 17 heavy (non-hydrogen) atoms. The molecule has 1 aromatic carbocycles. The van der Waals surface area contributed by atoms with Crippen LogP contribution in [0.25, 0.3) is 0 Å². The summed E-state index contributed by atoms with van der Waals surface area (Å²) in [5.74, 6) is 0. The third-order valence-corrected chi connectivity index (χ3v) is 2.61. The lowest BCUT2D eigenvalue weighted by atomic mass is 10.2. The zero-order valence-electron chi connectivity index (χ0n) is 9.44. The third-order valence-electron chi connectivity index (χ3n) is 1.84. The molecule has 0 unspecified atom stereocenters. The van der Waals surface area contributed by atoms with Gasteiger partial charge in [0, 0.05) is 18.1 Å². The van der Waals surface area contributed by atoms with Gasteiger partial charge in [0.15, 0.2) is 5.11 Å². The Labute approximate surface area is 115 Å². The summed E-state index contributed by atoms with van der Waals surface area (Å²) in [4.78, 5) is 0. The van der Waals surface area contributed by atoms with Crippen LogP contribution in [0.3, 0.4) is 0 Å². The molecule has 0 spiro atoms. The molecule has 0 fully saturated rings. The van der Waals surface area contributed by atoms with E-state index in [1.807, 2.05) is 24.3 Å². The van der Waals surface area contributed by atoms with Crippen molar-refractivity contribution in [1.29, 1.82) is 0 Å². The summed E-state index contributed by atoms with van der Waals surface area (Å²) in [5.41, 5.74) is 3.73. The van der Waals surface area contributed by atoms with Gasteiger partial charge in [0.25, 0.3) is 0 Å². The van der Waals surface area contributed by atoms with Gasteiger partial charge in [-0.2, -0.15) is 5.10 Å². The molecule has 6 heteroatoms. The highest BCUT2D eigenvalue weighted by Gasteiger charge is 1.91. The van der Waals surface area contributed by atoms with Crippen LogP contribution >= 0.6 is 28.1 Å². The van der Waals surface area contributed by atoms with Crippen molar-refractivity contribution in [2.24, 2.45) is 5.10 Å². The summed E-state index contributed by atoms with van der Waals surface area (Å²) in [6, 6.07) is 7.82. The zero-order valence-corrected chi connectivity index (χ0v) is 11.8. The molecule has 0 aliphatic carbocycles. The number of nitrogens with one attached hydrogen (secondary N) is 2. The third kappa shape index (κ3) is 6.35. The molecule has 1 aromatic rings. The number of nitrogens with zero attached hydrogens (tertiary/aromatic N) is 1. The Balaban J connectivity index is 2.29. The summed E-state index contributed by atoms with van der Waals surface area (Å²) in [6.45, 7) is 1.27. The molecule has 0 saturated carbocycles. The molecule has 0 aromatic heterocycles. The first-order valence-electron chi connectivity index (χ1n) is 5.04. The van der Waals surface area contributed by atoms with Crippen molar-refractivity contribution >= 4 is 39.5 Å². The van der Waals surface area contributed by atoms with Crippen molar-refractivity contribution in [3.8, 4) is 0 Å². The number of hydrogen-bond donors (Lipinski definition) is 2. The van der Waals surface area contributed by atoms with Crippen LogP contribution in [0.2, 0.25) is 0 Å². The molecule has 0 amide bonds. The number of benzene rings is 1. The molecule has 4 nitrogen and oxygen atoms in total. The molecule has 0 aliphatic heterocycles. The molecule has 92 valence electrons. The largest absolute Gasteiger partial charge is 0.383 e. The molecule has 0 aliphatic rings. The van der Waals surface area contributed by atoms with Crippen molar-refractivity contribution < 1.29 is 4.74 Å². The second-order valence-corrected chi connectivity index (χ2v) is 4.49. The van der Waals surface area contributed by atoms with Crippen LogP contribution in [-0.4, -0.2) is 31.6 Å². The fourth-order valence-electron chi connectivity index (χ4n) is 1.02. The standard InChI is InChI=1S/C11H14BrN3OS/c1-16-7-6-13-11(17)15-14-8-9-2-4-10(12)5-3-9/h2-5,8H,6-7H2,1H3,(H2,13,15,17)/b14-8-. The molecule has 0 heterocycles. The molecule has 1 rings (SSSR count). The van der Waals surface area contributed by atoms with E-state index in [0.29, 0.717) is 18.3 Å². The van der Waals surface area contributed by atoms with Crippen LogP contribution in [0, 0.1) is 0 Å². The Morgan fingerprint density at radius 1 is 1.47 bits per heavy atom. The Morgan fingerprint density at radius 2 is 2.18 bits per heavy atom. The van der Waals surface area contributed by atoms with Crippen molar-refractivity contribution in [3.05, 3.63) is 34.3 Å². The number of ether oxygens (including phenoxy) is 1. The number of halogens is 1. The van der Waals surface area contributed by atoms with E-state index in [1.54, 1.807) is 13.3 Å². The van der Waals surface area contributed by atoms with Crippen molar-refractivity contribution in [2.45, 2.75) is 0 Å². The summed E-state index contributed by atoms with van der Waals surface area (Å²) >= 11 is 8.37. The normalized spacial score (nSPS) is 10.5. The first kappa shape index (κ1) is 14.1. The molecular weight excluding hydrogens is 302 g/mol. The molecule has 0 radical (unpaired) electrons. The fourth-order valence-corrected chi connectivity index (χ4v) is 1.44. The van der Waals surface area contributed by atoms with E-state index >= 15 is 0 Å². The van der Waals surface area contributed by atoms with Gasteiger partial charge in [0.1, 0.15) is 0 Å². The Bertz CT molecular complexity index is 381. The number of rotatable bonds is 5. The van der Waals surface area contributed by atoms with Crippen LogP contribution in [0.15, 0.2) is 33.8 Å². The van der Waals surface area contributed by atoms with Crippen LogP contribution in [0.1, 0.15) is 5.56 Å². The summed E-state index contributed by atoms with van der Waals surface area (Å²) in [7, 11) is 1.64. The molecule has 0 saturated heterocycles. The first-order chi connectivity index (χ1) is 8.22. The minimum Gasteiger partial charge on any atom is -0.383 e. The number of hydrazone groups is 1. The average molecular weight is 316 g/mol. The van der Waals surface area contributed by atoms with E-state index < -0.39 is 0 Å². The van der Waals surface area contributed by atoms with Gasteiger partial charge in [-0.25, -0.2) is 0 Å². The number of methoxy groups -OCH3 is 1. The lowest BCUT2D eigenvalue weighted by molar-refractivity contribution is 0.204. The second-order valence-electron chi connectivity index (χ2n) is 3.17. The predicted molar refractivity (Wildman–Crippen MR) is 77.3 cm³/mol. The summed E-state index contributed by atoms with van der Waals surface area (Å²) in [6.07, 6.45) is 1.71. The molecule has 2 N–H and O–H groups in total. The van der Waals surface area contributed by atoms with Crippen molar-refractivity contribution in [1.82, 2.24) is 10.7 Å². The quantitative estimate of drug-likeness (QED) is 0.377.